The number of nitriles is 1. The highest BCUT2D eigenvalue weighted by molar-refractivity contribution is 7.99. The van der Waals surface area contributed by atoms with E-state index in [1.54, 1.807) is 6.07 Å². The number of fused-ring (bicyclic) bond motifs is 1. The van der Waals surface area contributed by atoms with Crippen LogP contribution in [0.1, 0.15) is 11.4 Å². The number of hydrogen-bond donors (Lipinski definition) is 1. The number of aromatic nitrogens is 3. The summed E-state index contributed by atoms with van der Waals surface area (Å²) in [6.07, 6.45) is 0. The van der Waals surface area contributed by atoms with Crippen LogP contribution in [0.25, 0.3) is 10.9 Å². The molecular weight excluding hydrogens is 256 g/mol. The van der Waals surface area contributed by atoms with E-state index in [-0.39, 0.29) is 0 Å². The summed E-state index contributed by atoms with van der Waals surface area (Å²) in [6, 6.07) is 13.8. The van der Waals surface area contributed by atoms with E-state index in [9.17, 15) is 0 Å². The summed E-state index contributed by atoms with van der Waals surface area (Å²) in [5.74, 6) is 0. The first-order valence-corrected chi connectivity index (χ1v) is 6.57. The lowest BCUT2D eigenvalue weighted by atomic mass is 10.3. The van der Waals surface area contributed by atoms with Crippen LogP contribution < -0.4 is 0 Å². The summed E-state index contributed by atoms with van der Waals surface area (Å²) in [5.41, 5.74) is 2.27. The molecule has 4 nitrogen and oxygen atoms in total. The van der Waals surface area contributed by atoms with Crippen molar-refractivity contribution in [2.24, 2.45) is 0 Å². The Morgan fingerprint density at radius 2 is 2.05 bits per heavy atom. The fraction of sp³-hybridized carbons (Fsp3) is 0.0714. The molecule has 2 heterocycles. The van der Waals surface area contributed by atoms with Crippen LogP contribution in [-0.2, 0) is 0 Å². The second kappa shape index (κ2) is 4.75. The summed E-state index contributed by atoms with van der Waals surface area (Å²) < 4.78 is 0. The Labute approximate surface area is 114 Å². The molecule has 0 aliphatic rings. The van der Waals surface area contributed by atoms with Crippen molar-refractivity contribution in [3.8, 4) is 6.07 Å². The first-order chi connectivity index (χ1) is 9.24. The van der Waals surface area contributed by atoms with Crippen molar-refractivity contribution in [2.75, 3.05) is 0 Å². The van der Waals surface area contributed by atoms with E-state index in [0.29, 0.717) is 10.9 Å². The van der Waals surface area contributed by atoms with Crippen LogP contribution in [-0.4, -0.2) is 15.0 Å². The van der Waals surface area contributed by atoms with E-state index in [2.05, 4.69) is 21.0 Å². The minimum Gasteiger partial charge on any atom is -0.349 e. The summed E-state index contributed by atoms with van der Waals surface area (Å²) in [5, 5.41) is 11.6. The van der Waals surface area contributed by atoms with E-state index >= 15 is 0 Å². The lowest BCUT2D eigenvalue weighted by molar-refractivity contribution is 0.917. The maximum Gasteiger partial charge on any atom is 0.195 e. The highest BCUT2D eigenvalue weighted by atomic mass is 32.2. The fourth-order valence-corrected chi connectivity index (χ4v) is 2.72. The van der Waals surface area contributed by atoms with Gasteiger partial charge in [-0.15, -0.1) is 0 Å². The predicted octanol–water partition coefficient (Wildman–Crippen LogP) is 3.29. The first kappa shape index (κ1) is 11.8. The van der Waals surface area contributed by atoms with Gasteiger partial charge in [0.05, 0.1) is 5.03 Å². The minimum absolute atomic E-state index is 0.395. The Hall–Kier alpha value is -2.32. The second-order valence-electron chi connectivity index (χ2n) is 4.11. The van der Waals surface area contributed by atoms with Gasteiger partial charge in [0.2, 0.25) is 0 Å². The van der Waals surface area contributed by atoms with Crippen molar-refractivity contribution in [1.82, 2.24) is 15.0 Å². The van der Waals surface area contributed by atoms with Crippen LogP contribution >= 0.6 is 11.8 Å². The molecule has 3 rings (SSSR count). The van der Waals surface area contributed by atoms with Crippen LogP contribution in [0, 0.1) is 18.3 Å². The molecule has 19 heavy (non-hydrogen) atoms. The Morgan fingerprint density at radius 1 is 1.21 bits per heavy atom. The normalized spacial score (nSPS) is 10.5. The van der Waals surface area contributed by atoms with Crippen LogP contribution in [0.2, 0.25) is 0 Å². The Balaban J connectivity index is 1.96. The van der Waals surface area contributed by atoms with Gasteiger partial charge in [-0.25, -0.2) is 9.97 Å². The molecule has 5 heteroatoms. The largest absolute Gasteiger partial charge is 0.349 e. The molecule has 0 saturated carbocycles. The number of nitrogens with zero attached hydrogens (tertiary/aromatic N) is 3. The van der Waals surface area contributed by atoms with Crippen molar-refractivity contribution in [2.45, 2.75) is 17.1 Å². The van der Waals surface area contributed by atoms with Gasteiger partial charge in [0.1, 0.15) is 11.8 Å². The lowest BCUT2D eigenvalue weighted by Crippen LogP contribution is -1.93. The molecular formula is C14H10N4S. The maximum atomic E-state index is 8.91. The number of aryl methyl sites for hydroxylation is 1. The van der Waals surface area contributed by atoms with Gasteiger partial charge in [-0.1, -0.05) is 18.2 Å². The van der Waals surface area contributed by atoms with Gasteiger partial charge in [-0.3, -0.25) is 0 Å². The minimum atomic E-state index is 0.395. The fourth-order valence-electron chi connectivity index (χ4n) is 1.84. The molecule has 1 aromatic carbocycles. The van der Waals surface area contributed by atoms with Gasteiger partial charge >= 0.3 is 0 Å². The number of H-pyrrole nitrogens is 1. The number of para-hydroxylation sites is 1. The van der Waals surface area contributed by atoms with Gasteiger partial charge in [0.15, 0.2) is 5.16 Å². The molecule has 1 N–H and O–H groups in total. The third-order valence-corrected chi connectivity index (χ3v) is 3.46. The van der Waals surface area contributed by atoms with Crippen LogP contribution in [0.15, 0.2) is 46.6 Å². The molecule has 3 aromatic rings. The van der Waals surface area contributed by atoms with Gasteiger partial charge < -0.3 is 4.98 Å². The van der Waals surface area contributed by atoms with Gasteiger partial charge in [-0.05, 0) is 36.9 Å². The summed E-state index contributed by atoms with van der Waals surface area (Å²) in [6.45, 7) is 1.86. The van der Waals surface area contributed by atoms with Crippen molar-refractivity contribution in [3.05, 3.63) is 47.8 Å². The van der Waals surface area contributed by atoms with Gasteiger partial charge in [0, 0.05) is 16.6 Å². The van der Waals surface area contributed by atoms with Crippen molar-refractivity contribution in [3.63, 3.8) is 0 Å². The molecule has 0 aliphatic heterocycles. The average Bonchev–Trinajstić information content (AvgIpc) is 2.80. The molecule has 0 spiro atoms. The highest BCUT2D eigenvalue weighted by Gasteiger charge is 2.06. The van der Waals surface area contributed by atoms with Crippen LogP contribution in [0.5, 0.6) is 0 Å². The SMILES string of the molecule is Cc1cc(C#N)nc(Sc2cc3ccccc3[nH]2)n1. The zero-order chi connectivity index (χ0) is 13.2. The third-order valence-electron chi connectivity index (χ3n) is 2.65. The summed E-state index contributed by atoms with van der Waals surface area (Å²) >= 11 is 1.43. The molecule has 92 valence electrons. The van der Waals surface area contributed by atoms with Gasteiger partial charge in [-0.2, -0.15) is 5.26 Å². The smallest absolute Gasteiger partial charge is 0.195 e. The topological polar surface area (TPSA) is 65.4 Å². The zero-order valence-electron chi connectivity index (χ0n) is 10.2. The second-order valence-corrected chi connectivity index (χ2v) is 5.12. The lowest BCUT2D eigenvalue weighted by Gasteiger charge is -1.99. The third kappa shape index (κ3) is 2.44. The zero-order valence-corrected chi connectivity index (χ0v) is 11.0. The summed E-state index contributed by atoms with van der Waals surface area (Å²) in [7, 11) is 0. The van der Waals surface area contributed by atoms with E-state index in [4.69, 9.17) is 5.26 Å². The number of nitrogens with one attached hydrogen (secondary N) is 1. The quantitative estimate of drug-likeness (QED) is 0.723. The Kier molecular flexibility index (Phi) is 2.94. The number of benzene rings is 1. The van der Waals surface area contributed by atoms with Crippen molar-refractivity contribution < 1.29 is 0 Å². The Bertz CT molecular complexity index is 752. The number of hydrogen-bond acceptors (Lipinski definition) is 4. The molecule has 0 unspecified atom stereocenters. The maximum absolute atomic E-state index is 8.91. The van der Waals surface area contributed by atoms with E-state index in [0.717, 1.165) is 21.6 Å². The molecule has 0 amide bonds. The van der Waals surface area contributed by atoms with E-state index in [1.807, 2.05) is 37.3 Å². The standard InChI is InChI=1S/C14H10N4S/c1-9-6-11(8-15)17-14(16-9)19-13-7-10-4-2-3-5-12(10)18-13/h2-7,18H,1H3. The average molecular weight is 266 g/mol. The van der Waals surface area contributed by atoms with Crippen LogP contribution in [0.4, 0.5) is 0 Å². The molecule has 0 aliphatic carbocycles. The Morgan fingerprint density at radius 3 is 2.84 bits per heavy atom. The first-order valence-electron chi connectivity index (χ1n) is 5.76. The van der Waals surface area contributed by atoms with E-state index < -0.39 is 0 Å². The molecule has 2 aromatic heterocycles. The predicted molar refractivity (Wildman–Crippen MR) is 73.9 cm³/mol. The van der Waals surface area contributed by atoms with Crippen molar-refractivity contribution >= 4 is 22.7 Å². The number of aromatic amines is 1. The number of rotatable bonds is 2. The van der Waals surface area contributed by atoms with E-state index in [1.165, 1.54) is 11.8 Å². The highest BCUT2D eigenvalue weighted by Crippen LogP contribution is 2.27. The summed E-state index contributed by atoms with van der Waals surface area (Å²) in [4.78, 5) is 11.8. The van der Waals surface area contributed by atoms with Gasteiger partial charge in [0.25, 0.3) is 0 Å². The molecule has 0 radical (unpaired) electrons. The monoisotopic (exact) mass is 266 g/mol. The molecule has 0 atom stereocenters. The molecule has 0 bridgehead atoms. The van der Waals surface area contributed by atoms with Crippen molar-refractivity contribution in [1.29, 1.82) is 5.26 Å². The van der Waals surface area contributed by atoms with Crippen LogP contribution in [0.3, 0.4) is 0 Å². The molecule has 0 saturated heterocycles. The molecule has 0 fully saturated rings.